The number of carbonyl (C=O) groups is 2. The topological polar surface area (TPSA) is 130 Å². The predicted octanol–water partition coefficient (Wildman–Crippen LogP) is 2.81. The Labute approximate surface area is 189 Å². The molecule has 0 atom stereocenters. The van der Waals surface area contributed by atoms with Gasteiger partial charge in [0, 0.05) is 10.7 Å². The SMILES string of the molecule is Cc1cc(Cl)ccc1NC(=O)C(=O)N/N=C/c1ccc(CNS(=O)(=O)c2ccccc2)o1. The highest BCUT2D eigenvalue weighted by atomic mass is 35.5. The zero-order valence-electron chi connectivity index (χ0n) is 16.8. The molecule has 32 heavy (non-hydrogen) atoms. The molecule has 0 aliphatic rings. The third-order valence-electron chi connectivity index (χ3n) is 4.17. The van der Waals surface area contributed by atoms with Crippen molar-refractivity contribution in [3.63, 3.8) is 0 Å². The van der Waals surface area contributed by atoms with Crippen molar-refractivity contribution < 1.29 is 22.4 Å². The fourth-order valence-corrected chi connectivity index (χ4v) is 3.80. The van der Waals surface area contributed by atoms with Crippen molar-refractivity contribution in [2.24, 2.45) is 5.10 Å². The number of benzene rings is 2. The Kier molecular flexibility index (Phi) is 7.41. The van der Waals surface area contributed by atoms with Gasteiger partial charge in [-0.15, -0.1) is 0 Å². The maximum Gasteiger partial charge on any atom is 0.329 e. The molecule has 1 aromatic heterocycles. The number of hydrogen-bond donors (Lipinski definition) is 3. The Morgan fingerprint density at radius 1 is 1.06 bits per heavy atom. The standard InChI is InChI=1S/C21H19ClN4O5S/c1-14-11-15(22)7-10-19(14)25-20(27)21(28)26-23-12-16-8-9-17(31-16)13-24-32(29,30)18-5-3-2-4-6-18/h2-12,24H,13H2,1H3,(H,25,27)(H,26,28)/b23-12+. The summed E-state index contributed by atoms with van der Waals surface area (Å²) in [5.74, 6) is -1.28. The lowest BCUT2D eigenvalue weighted by Gasteiger charge is -2.07. The number of nitrogens with zero attached hydrogens (tertiary/aromatic N) is 1. The highest BCUT2D eigenvalue weighted by Gasteiger charge is 2.15. The molecule has 3 rings (SSSR count). The normalized spacial score (nSPS) is 11.4. The monoisotopic (exact) mass is 474 g/mol. The van der Waals surface area contributed by atoms with E-state index in [1.165, 1.54) is 18.3 Å². The Morgan fingerprint density at radius 3 is 2.53 bits per heavy atom. The molecule has 0 radical (unpaired) electrons. The van der Waals surface area contributed by atoms with E-state index in [1.807, 2.05) is 0 Å². The Balaban J connectivity index is 1.51. The number of carbonyl (C=O) groups excluding carboxylic acids is 2. The number of nitrogens with one attached hydrogen (secondary N) is 3. The first-order valence-electron chi connectivity index (χ1n) is 9.28. The number of halogens is 1. The highest BCUT2D eigenvalue weighted by molar-refractivity contribution is 7.89. The molecule has 0 bridgehead atoms. The van der Waals surface area contributed by atoms with Gasteiger partial charge in [-0.3, -0.25) is 9.59 Å². The minimum atomic E-state index is -3.67. The number of furan rings is 1. The number of aryl methyl sites for hydroxylation is 1. The summed E-state index contributed by atoms with van der Waals surface area (Å²) in [4.78, 5) is 24.0. The van der Waals surface area contributed by atoms with E-state index in [0.29, 0.717) is 22.0 Å². The molecule has 11 heteroatoms. The molecular formula is C21H19ClN4O5S. The van der Waals surface area contributed by atoms with E-state index in [1.54, 1.807) is 55.5 Å². The van der Waals surface area contributed by atoms with Gasteiger partial charge in [-0.05, 0) is 55.0 Å². The maximum atomic E-state index is 12.2. The van der Waals surface area contributed by atoms with Crippen molar-refractivity contribution in [3.05, 3.63) is 82.8 Å². The number of amides is 2. The molecule has 9 nitrogen and oxygen atoms in total. The highest BCUT2D eigenvalue weighted by Crippen LogP contribution is 2.19. The summed E-state index contributed by atoms with van der Waals surface area (Å²) in [5, 5.41) is 6.65. The van der Waals surface area contributed by atoms with Gasteiger partial charge in [0.1, 0.15) is 11.5 Å². The van der Waals surface area contributed by atoms with E-state index in [-0.39, 0.29) is 17.2 Å². The van der Waals surface area contributed by atoms with Crippen LogP contribution in [-0.4, -0.2) is 26.4 Å². The number of anilines is 1. The second-order valence-electron chi connectivity index (χ2n) is 6.55. The molecule has 0 fully saturated rings. The lowest BCUT2D eigenvalue weighted by Crippen LogP contribution is -2.32. The number of sulfonamides is 1. The summed E-state index contributed by atoms with van der Waals surface area (Å²) in [6, 6.07) is 15.9. The summed E-state index contributed by atoms with van der Waals surface area (Å²) in [7, 11) is -3.67. The van der Waals surface area contributed by atoms with E-state index in [9.17, 15) is 18.0 Å². The van der Waals surface area contributed by atoms with Crippen LogP contribution < -0.4 is 15.5 Å². The van der Waals surface area contributed by atoms with Crippen molar-refractivity contribution in [1.29, 1.82) is 0 Å². The average molecular weight is 475 g/mol. The van der Waals surface area contributed by atoms with Crippen molar-refractivity contribution in [1.82, 2.24) is 10.1 Å². The van der Waals surface area contributed by atoms with Crippen LogP contribution in [0.25, 0.3) is 0 Å². The molecule has 3 aromatic rings. The van der Waals surface area contributed by atoms with E-state index in [4.69, 9.17) is 16.0 Å². The summed E-state index contributed by atoms with van der Waals surface area (Å²) in [5.41, 5.74) is 3.24. The van der Waals surface area contributed by atoms with Crippen molar-refractivity contribution in [3.8, 4) is 0 Å². The molecule has 0 unspecified atom stereocenters. The Bertz CT molecular complexity index is 1260. The van der Waals surface area contributed by atoms with Crippen LogP contribution in [0, 0.1) is 6.92 Å². The van der Waals surface area contributed by atoms with E-state index >= 15 is 0 Å². The van der Waals surface area contributed by atoms with Gasteiger partial charge in [0.2, 0.25) is 10.0 Å². The minimum absolute atomic E-state index is 0.0692. The van der Waals surface area contributed by atoms with Gasteiger partial charge in [0.05, 0.1) is 17.7 Å². The maximum absolute atomic E-state index is 12.2. The molecule has 166 valence electrons. The zero-order chi connectivity index (χ0) is 23.1. The van der Waals surface area contributed by atoms with Crippen molar-refractivity contribution in [2.75, 3.05) is 5.32 Å². The average Bonchev–Trinajstić information content (AvgIpc) is 3.22. The quantitative estimate of drug-likeness (QED) is 0.275. The summed E-state index contributed by atoms with van der Waals surface area (Å²) >= 11 is 5.86. The molecule has 0 saturated heterocycles. The Morgan fingerprint density at radius 2 is 1.81 bits per heavy atom. The molecule has 0 aliphatic carbocycles. The molecule has 0 spiro atoms. The van der Waals surface area contributed by atoms with Gasteiger partial charge in [0.15, 0.2) is 0 Å². The summed E-state index contributed by atoms with van der Waals surface area (Å²) in [6.45, 7) is 1.67. The van der Waals surface area contributed by atoms with Crippen LogP contribution in [0.5, 0.6) is 0 Å². The number of rotatable bonds is 7. The van der Waals surface area contributed by atoms with E-state index in [2.05, 4.69) is 20.6 Å². The van der Waals surface area contributed by atoms with Crippen LogP contribution in [0.1, 0.15) is 17.1 Å². The van der Waals surface area contributed by atoms with Crippen molar-refractivity contribution in [2.45, 2.75) is 18.4 Å². The van der Waals surface area contributed by atoms with Crippen LogP contribution >= 0.6 is 11.6 Å². The first-order chi connectivity index (χ1) is 15.2. The fourth-order valence-electron chi connectivity index (χ4n) is 2.56. The number of hydrogen-bond acceptors (Lipinski definition) is 6. The molecule has 0 aliphatic heterocycles. The third-order valence-corrected chi connectivity index (χ3v) is 5.83. The first-order valence-corrected chi connectivity index (χ1v) is 11.1. The van der Waals surface area contributed by atoms with Gasteiger partial charge in [-0.2, -0.15) is 5.10 Å². The lowest BCUT2D eigenvalue weighted by atomic mass is 10.2. The summed E-state index contributed by atoms with van der Waals surface area (Å²) < 4.78 is 32.3. The Hall–Kier alpha value is -3.47. The molecule has 3 N–H and O–H groups in total. The zero-order valence-corrected chi connectivity index (χ0v) is 18.4. The molecular weight excluding hydrogens is 456 g/mol. The molecule has 1 heterocycles. The van der Waals surface area contributed by atoms with Gasteiger partial charge in [-0.25, -0.2) is 18.6 Å². The second-order valence-corrected chi connectivity index (χ2v) is 8.76. The lowest BCUT2D eigenvalue weighted by molar-refractivity contribution is -0.136. The van der Waals surface area contributed by atoms with Gasteiger partial charge in [0.25, 0.3) is 0 Å². The van der Waals surface area contributed by atoms with Crippen LogP contribution in [-0.2, 0) is 26.2 Å². The van der Waals surface area contributed by atoms with Gasteiger partial charge < -0.3 is 9.73 Å². The second kappa shape index (κ2) is 10.2. The molecule has 2 aromatic carbocycles. The van der Waals surface area contributed by atoms with Gasteiger partial charge >= 0.3 is 11.8 Å². The predicted molar refractivity (Wildman–Crippen MR) is 120 cm³/mol. The molecule has 0 saturated carbocycles. The van der Waals surface area contributed by atoms with Crippen LogP contribution in [0.3, 0.4) is 0 Å². The summed E-state index contributed by atoms with van der Waals surface area (Å²) in [6.07, 6.45) is 1.19. The first kappa shape index (κ1) is 23.2. The van der Waals surface area contributed by atoms with E-state index in [0.717, 1.165) is 0 Å². The minimum Gasteiger partial charge on any atom is -0.459 e. The van der Waals surface area contributed by atoms with E-state index < -0.39 is 21.8 Å². The third kappa shape index (κ3) is 6.27. The largest absolute Gasteiger partial charge is 0.459 e. The van der Waals surface area contributed by atoms with Crippen molar-refractivity contribution >= 4 is 45.3 Å². The smallest absolute Gasteiger partial charge is 0.329 e. The van der Waals surface area contributed by atoms with Crippen LogP contribution in [0.2, 0.25) is 5.02 Å². The fraction of sp³-hybridized carbons (Fsp3) is 0.0952. The van der Waals surface area contributed by atoms with Gasteiger partial charge in [-0.1, -0.05) is 29.8 Å². The van der Waals surface area contributed by atoms with Crippen LogP contribution in [0.4, 0.5) is 5.69 Å². The van der Waals surface area contributed by atoms with Crippen LogP contribution in [0.15, 0.2) is 75.1 Å². The molecule has 2 amide bonds. The number of hydrazone groups is 1.